The first-order valence-corrected chi connectivity index (χ1v) is 8.68. The highest BCUT2D eigenvalue weighted by Gasteiger charge is 2.39. The molecule has 0 saturated carbocycles. The summed E-state index contributed by atoms with van der Waals surface area (Å²) in [5.74, 6) is 0.179. The highest BCUT2D eigenvalue weighted by atomic mass is 32.2. The molecule has 0 bridgehead atoms. The zero-order valence-corrected chi connectivity index (χ0v) is 14.0. The SMILES string of the molecule is CN1Cc2c(C3OCCS3)ncn2-c2cccc(C(F)(F)F)c2C1=O. The first-order chi connectivity index (χ1) is 11.9. The number of carbonyl (C=O) groups is 1. The van der Waals surface area contributed by atoms with E-state index in [1.807, 2.05) is 0 Å². The Hall–Kier alpha value is -2.00. The van der Waals surface area contributed by atoms with Crippen molar-refractivity contribution in [3.8, 4) is 5.69 Å². The third kappa shape index (κ3) is 2.62. The lowest BCUT2D eigenvalue weighted by molar-refractivity contribution is -0.138. The quantitative estimate of drug-likeness (QED) is 0.774. The Morgan fingerprint density at radius 2 is 2.16 bits per heavy atom. The molecule has 1 saturated heterocycles. The Kier molecular flexibility index (Phi) is 3.80. The summed E-state index contributed by atoms with van der Waals surface area (Å²) in [5.41, 5.74) is -0.00889. The number of fused-ring (bicyclic) bond motifs is 3. The minimum absolute atomic E-state index is 0.167. The maximum absolute atomic E-state index is 13.4. The fourth-order valence-corrected chi connectivity index (χ4v) is 4.11. The molecule has 4 rings (SSSR count). The van der Waals surface area contributed by atoms with Gasteiger partial charge in [-0.05, 0) is 12.1 Å². The maximum atomic E-state index is 13.4. The predicted octanol–water partition coefficient (Wildman–Crippen LogP) is 3.24. The largest absolute Gasteiger partial charge is 0.417 e. The zero-order chi connectivity index (χ0) is 17.8. The fraction of sp³-hybridized carbons (Fsp3) is 0.375. The van der Waals surface area contributed by atoms with E-state index in [-0.39, 0.29) is 23.2 Å². The van der Waals surface area contributed by atoms with Crippen LogP contribution in [-0.4, -0.2) is 39.8 Å². The van der Waals surface area contributed by atoms with Gasteiger partial charge < -0.3 is 14.2 Å². The van der Waals surface area contributed by atoms with Crippen molar-refractivity contribution in [1.29, 1.82) is 0 Å². The summed E-state index contributed by atoms with van der Waals surface area (Å²) in [6, 6.07) is 3.76. The third-order valence-corrected chi connectivity index (χ3v) is 5.36. The van der Waals surface area contributed by atoms with E-state index in [0.29, 0.717) is 18.0 Å². The van der Waals surface area contributed by atoms with Gasteiger partial charge in [0.05, 0.1) is 42.0 Å². The van der Waals surface area contributed by atoms with Gasteiger partial charge in [-0.15, -0.1) is 11.8 Å². The Balaban J connectivity index is 1.94. The van der Waals surface area contributed by atoms with E-state index in [4.69, 9.17) is 4.74 Å². The van der Waals surface area contributed by atoms with Crippen molar-refractivity contribution in [3.05, 3.63) is 47.0 Å². The van der Waals surface area contributed by atoms with Gasteiger partial charge in [0.1, 0.15) is 11.1 Å². The summed E-state index contributed by atoms with van der Waals surface area (Å²) in [6.45, 7) is 0.770. The van der Waals surface area contributed by atoms with Crippen molar-refractivity contribution < 1.29 is 22.7 Å². The molecule has 3 heterocycles. The van der Waals surface area contributed by atoms with Gasteiger partial charge in [0.15, 0.2) is 0 Å². The number of carbonyl (C=O) groups excluding carboxylic acids is 1. The van der Waals surface area contributed by atoms with Gasteiger partial charge in [0.2, 0.25) is 0 Å². The van der Waals surface area contributed by atoms with E-state index < -0.39 is 17.6 Å². The van der Waals surface area contributed by atoms with Crippen LogP contribution in [0.15, 0.2) is 24.5 Å². The summed E-state index contributed by atoms with van der Waals surface area (Å²) in [7, 11) is 1.49. The number of imidazole rings is 1. The molecule has 1 amide bonds. The molecule has 25 heavy (non-hydrogen) atoms. The summed E-state index contributed by atoms with van der Waals surface area (Å²) in [5, 5.41) is 0. The van der Waals surface area contributed by atoms with Gasteiger partial charge in [-0.3, -0.25) is 4.79 Å². The maximum Gasteiger partial charge on any atom is 0.417 e. The number of rotatable bonds is 1. The van der Waals surface area contributed by atoms with Crippen LogP contribution in [0.3, 0.4) is 0 Å². The van der Waals surface area contributed by atoms with Crippen LogP contribution >= 0.6 is 11.8 Å². The van der Waals surface area contributed by atoms with Crippen LogP contribution in [0, 0.1) is 0 Å². The van der Waals surface area contributed by atoms with Gasteiger partial charge in [-0.2, -0.15) is 13.2 Å². The zero-order valence-electron chi connectivity index (χ0n) is 13.2. The van der Waals surface area contributed by atoms with Crippen molar-refractivity contribution in [2.45, 2.75) is 18.2 Å². The lowest BCUT2D eigenvalue weighted by atomic mass is 10.0. The molecular weight excluding hydrogens is 355 g/mol. The van der Waals surface area contributed by atoms with Crippen molar-refractivity contribution in [2.24, 2.45) is 0 Å². The number of aromatic nitrogens is 2. The number of halogens is 3. The minimum atomic E-state index is -4.61. The summed E-state index contributed by atoms with van der Waals surface area (Å²) < 4.78 is 47.5. The molecule has 1 fully saturated rings. The first-order valence-electron chi connectivity index (χ1n) is 7.63. The summed E-state index contributed by atoms with van der Waals surface area (Å²) in [4.78, 5) is 18.3. The number of thioether (sulfide) groups is 1. The Morgan fingerprint density at radius 3 is 2.84 bits per heavy atom. The molecule has 0 radical (unpaired) electrons. The highest BCUT2D eigenvalue weighted by molar-refractivity contribution is 7.99. The van der Waals surface area contributed by atoms with Crippen molar-refractivity contribution in [3.63, 3.8) is 0 Å². The monoisotopic (exact) mass is 369 g/mol. The lowest BCUT2D eigenvalue weighted by Crippen LogP contribution is -2.27. The first kappa shape index (κ1) is 16.5. The molecule has 1 unspecified atom stereocenters. The second-order valence-electron chi connectivity index (χ2n) is 5.88. The normalized spacial score (nSPS) is 20.4. The Morgan fingerprint density at radius 1 is 1.36 bits per heavy atom. The number of amides is 1. The minimum Gasteiger partial charge on any atom is -0.360 e. The predicted molar refractivity (Wildman–Crippen MR) is 85.5 cm³/mol. The molecule has 2 aromatic rings. The van der Waals surface area contributed by atoms with E-state index >= 15 is 0 Å². The van der Waals surface area contributed by atoms with E-state index in [2.05, 4.69) is 4.98 Å². The molecule has 9 heteroatoms. The molecule has 1 aromatic carbocycles. The molecule has 1 aromatic heterocycles. The topological polar surface area (TPSA) is 47.4 Å². The second kappa shape index (κ2) is 5.77. The average molecular weight is 369 g/mol. The average Bonchev–Trinajstić information content (AvgIpc) is 3.19. The van der Waals surface area contributed by atoms with Crippen molar-refractivity contribution in [1.82, 2.24) is 14.5 Å². The van der Waals surface area contributed by atoms with Crippen LogP contribution in [0.2, 0.25) is 0 Å². The van der Waals surface area contributed by atoms with E-state index in [0.717, 1.165) is 11.8 Å². The lowest BCUT2D eigenvalue weighted by Gasteiger charge is -2.18. The number of hydrogen-bond donors (Lipinski definition) is 0. The third-order valence-electron chi connectivity index (χ3n) is 4.30. The highest BCUT2D eigenvalue weighted by Crippen LogP contribution is 2.40. The van der Waals surface area contributed by atoms with Gasteiger partial charge in [-0.1, -0.05) is 6.07 Å². The van der Waals surface area contributed by atoms with Gasteiger partial charge in [-0.25, -0.2) is 4.98 Å². The van der Waals surface area contributed by atoms with Crippen LogP contribution in [0.4, 0.5) is 13.2 Å². The van der Waals surface area contributed by atoms with Crippen LogP contribution < -0.4 is 0 Å². The van der Waals surface area contributed by atoms with Crippen LogP contribution in [0.5, 0.6) is 0 Å². The van der Waals surface area contributed by atoms with Crippen molar-refractivity contribution >= 4 is 17.7 Å². The van der Waals surface area contributed by atoms with Crippen LogP contribution in [0.25, 0.3) is 5.69 Å². The number of ether oxygens (including phenoxy) is 1. The van der Waals surface area contributed by atoms with E-state index in [1.54, 1.807) is 16.3 Å². The molecule has 0 aliphatic carbocycles. The standard InChI is InChI=1S/C16H14F3N3O2S/c1-21-7-11-13(15-24-5-6-25-15)20-8-22(11)10-4-2-3-9(16(17,18)19)12(10)14(21)23/h2-4,8,15H,5-7H2,1H3. The summed E-state index contributed by atoms with van der Waals surface area (Å²) in [6.07, 6.45) is -3.14. The molecular formula is C16H14F3N3O2S. The fourth-order valence-electron chi connectivity index (χ4n) is 3.15. The van der Waals surface area contributed by atoms with Crippen LogP contribution in [0.1, 0.15) is 32.7 Å². The van der Waals surface area contributed by atoms with Crippen molar-refractivity contribution in [2.75, 3.05) is 19.4 Å². The van der Waals surface area contributed by atoms with Gasteiger partial charge in [0, 0.05) is 12.8 Å². The van der Waals surface area contributed by atoms with Crippen LogP contribution in [-0.2, 0) is 17.5 Å². The molecule has 1 atom stereocenters. The summed E-state index contributed by atoms with van der Waals surface area (Å²) >= 11 is 1.59. The Labute approximate surface area is 145 Å². The van der Waals surface area contributed by atoms with Gasteiger partial charge >= 0.3 is 6.18 Å². The Bertz CT molecular complexity index is 844. The van der Waals surface area contributed by atoms with E-state index in [9.17, 15) is 18.0 Å². The molecule has 2 aliphatic rings. The van der Waals surface area contributed by atoms with Gasteiger partial charge in [0.25, 0.3) is 5.91 Å². The number of nitrogens with zero attached hydrogens (tertiary/aromatic N) is 3. The second-order valence-corrected chi connectivity index (χ2v) is 7.05. The van der Waals surface area contributed by atoms with E-state index in [1.165, 1.54) is 30.4 Å². The molecule has 0 N–H and O–H groups in total. The molecule has 5 nitrogen and oxygen atoms in total. The molecule has 0 spiro atoms. The number of benzene rings is 1. The number of alkyl halides is 3. The smallest absolute Gasteiger partial charge is 0.360 e. The molecule has 2 aliphatic heterocycles. The molecule has 132 valence electrons. The number of hydrogen-bond acceptors (Lipinski definition) is 4.